The number of carboxylic acids is 1. The van der Waals surface area contributed by atoms with Gasteiger partial charge in [0.2, 0.25) is 5.91 Å². The fourth-order valence-corrected chi connectivity index (χ4v) is 3.25. The zero-order chi connectivity index (χ0) is 21.5. The molecule has 2 atom stereocenters. The molecule has 0 radical (unpaired) electrons. The smallest absolute Gasteiger partial charge is 0.320 e. The average Bonchev–Trinajstić information content (AvgIpc) is 2.56. The van der Waals surface area contributed by atoms with E-state index in [2.05, 4.69) is 5.32 Å². The van der Waals surface area contributed by atoms with Gasteiger partial charge in [0.05, 0.1) is 0 Å². The first kappa shape index (κ1) is 23.8. The van der Waals surface area contributed by atoms with Crippen molar-refractivity contribution < 1.29 is 24.6 Å². The second kappa shape index (κ2) is 9.80. The van der Waals surface area contributed by atoms with E-state index in [4.69, 9.17) is 10.8 Å². The molecule has 0 aliphatic heterocycles. The van der Waals surface area contributed by atoms with Gasteiger partial charge in [0.15, 0.2) is 5.78 Å². The first-order chi connectivity index (χ1) is 12.9. The van der Waals surface area contributed by atoms with Crippen molar-refractivity contribution in [2.45, 2.75) is 65.0 Å². The molecule has 1 aliphatic rings. The Kier molecular flexibility index (Phi) is 8.32. The molecule has 0 aromatic rings. The molecule has 1 amide bonds. The molecule has 28 heavy (non-hydrogen) atoms. The van der Waals surface area contributed by atoms with Crippen LogP contribution in [-0.2, 0) is 14.4 Å². The molecule has 5 N–H and O–H groups in total. The van der Waals surface area contributed by atoms with E-state index in [-0.39, 0.29) is 18.1 Å². The zero-order valence-corrected chi connectivity index (χ0v) is 17.1. The first-order valence-corrected chi connectivity index (χ1v) is 9.47. The highest BCUT2D eigenvalue weighted by Gasteiger charge is 2.46. The van der Waals surface area contributed by atoms with Crippen LogP contribution in [0.3, 0.4) is 0 Å². The maximum Gasteiger partial charge on any atom is 0.320 e. The highest BCUT2D eigenvalue weighted by atomic mass is 16.4. The second-order valence-electron chi connectivity index (χ2n) is 8.07. The van der Waals surface area contributed by atoms with Gasteiger partial charge in [-0.25, -0.2) is 0 Å². The number of nitrogens with one attached hydrogen (secondary N) is 1. The SMILES string of the molecule is CC1=CC(=O)CC(C)(C)[C@@]1(O)/C=C/C(C)=C\C(=O)NCCCC[C@H](N)C(=O)O. The number of aliphatic carboxylic acids is 1. The van der Waals surface area contributed by atoms with E-state index in [0.29, 0.717) is 37.0 Å². The van der Waals surface area contributed by atoms with Crippen molar-refractivity contribution in [1.29, 1.82) is 0 Å². The molecule has 0 aromatic carbocycles. The summed E-state index contributed by atoms with van der Waals surface area (Å²) in [7, 11) is 0. The van der Waals surface area contributed by atoms with Crippen LogP contribution >= 0.6 is 0 Å². The van der Waals surface area contributed by atoms with Crippen molar-refractivity contribution >= 4 is 17.7 Å². The minimum Gasteiger partial charge on any atom is -0.480 e. The van der Waals surface area contributed by atoms with Crippen LogP contribution in [0.1, 0.15) is 53.4 Å². The number of aliphatic hydroxyl groups is 1. The third kappa shape index (κ3) is 6.42. The van der Waals surface area contributed by atoms with Crippen molar-refractivity contribution in [3.05, 3.63) is 35.5 Å². The fourth-order valence-electron chi connectivity index (χ4n) is 3.25. The van der Waals surface area contributed by atoms with Crippen LogP contribution in [0.15, 0.2) is 35.5 Å². The molecule has 0 spiro atoms. The van der Waals surface area contributed by atoms with Crippen LogP contribution in [0.2, 0.25) is 0 Å². The third-order valence-electron chi connectivity index (χ3n) is 5.13. The summed E-state index contributed by atoms with van der Waals surface area (Å²) in [5.74, 6) is -1.29. The predicted molar refractivity (Wildman–Crippen MR) is 107 cm³/mol. The van der Waals surface area contributed by atoms with Crippen LogP contribution < -0.4 is 11.1 Å². The quantitative estimate of drug-likeness (QED) is 0.269. The largest absolute Gasteiger partial charge is 0.480 e. The standard InChI is InChI=1S/C21H32N2O5/c1-14(11-18(25)23-10-6-5-7-17(22)19(26)27)8-9-21(28)15(2)12-16(24)13-20(21,3)4/h8-9,11-12,17,28H,5-7,10,13,22H2,1-4H3,(H,23,25)(H,26,27)/b9-8+,14-11-/t17-,21+/m0/s1. The van der Waals surface area contributed by atoms with Crippen molar-refractivity contribution in [2.75, 3.05) is 6.54 Å². The minimum absolute atomic E-state index is 0.00322. The molecule has 7 nitrogen and oxygen atoms in total. The molecule has 156 valence electrons. The maximum atomic E-state index is 12.0. The third-order valence-corrected chi connectivity index (χ3v) is 5.13. The summed E-state index contributed by atoms with van der Waals surface area (Å²) >= 11 is 0. The topological polar surface area (TPSA) is 130 Å². The molecule has 1 rings (SSSR count). The van der Waals surface area contributed by atoms with E-state index < -0.39 is 23.0 Å². The number of ketones is 1. The average molecular weight is 392 g/mol. The number of carbonyl (C=O) groups excluding carboxylic acids is 2. The highest BCUT2D eigenvalue weighted by Crippen LogP contribution is 2.44. The van der Waals surface area contributed by atoms with E-state index in [9.17, 15) is 19.5 Å². The van der Waals surface area contributed by atoms with E-state index in [1.54, 1.807) is 26.0 Å². The fraction of sp³-hybridized carbons (Fsp3) is 0.571. The molecular formula is C21H32N2O5. The van der Waals surface area contributed by atoms with E-state index in [1.807, 2.05) is 13.8 Å². The van der Waals surface area contributed by atoms with Gasteiger partial charge in [-0.1, -0.05) is 19.9 Å². The van der Waals surface area contributed by atoms with Gasteiger partial charge in [-0.05, 0) is 56.4 Å². The Labute approximate surface area is 166 Å². The van der Waals surface area contributed by atoms with E-state index >= 15 is 0 Å². The van der Waals surface area contributed by atoms with Crippen LogP contribution in [0.25, 0.3) is 0 Å². The molecule has 0 bridgehead atoms. The van der Waals surface area contributed by atoms with Crippen molar-refractivity contribution in [3.8, 4) is 0 Å². The van der Waals surface area contributed by atoms with Gasteiger partial charge in [-0.2, -0.15) is 0 Å². The summed E-state index contributed by atoms with van der Waals surface area (Å²) in [5, 5.41) is 22.5. The number of rotatable bonds is 9. The minimum atomic E-state index is -1.25. The van der Waals surface area contributed by atoms with Gasteiger partial charge in [0.25, 0.3) is 0 Å². The Morgan fingerprint density at radius 1 is 1.36 bits per heavy atom. The number of amides is 1. The van der Waals surface area contributed by atoms with E-state index in [1.165, 1.54) is 12.2 Å². The van der Waals surface area contributed by atoms with Crippen LogP contribution in [0.5, 0.6) is 0 Å². The Hall–Kier alpha value is -2.25. The molecule has 0 aromatic heterocycles. The lowest BCUT2D eigenvalue weighted by Gasteiger charge is -2.44. The molecule has 7 heteroatoms. The second-order valence-corrected chi connectivity index (χ2v) is 8.07. The number of unbranched alkanes of at least 4 members (excludes halogenated alkanes) is 1. The number of hydrogen-bond acceptors (Lipinski definition) is 5. The molecule has 0 saturated carbocycles. The number of allylic oxidation sites excluding steroid dienone is 3. The first-order valence-electron chi connectivity index (χ1n) is 9.47. The molecule has 0 heterocycles. The van der Waals surface area contributed by atoms with Crippen molar-refractivity contribution in [3.63, 3.8) is 0 Å². The number of carbonyl (C=O) groups is 3. The summed E-state index contributed by atoms with van der Waals surface area (Å²) in [6.45, 7) is 7.59. The molecule has 0 unspecified atom stereocenters. The summed E-state index contributed by atoms with van der Waals surface area (Å²) in [5.41, 5.74) is 4.78. The zero-order valence-electron chi connectivity index (χ0n) is 17.1. The van der Waals surface area contributed by atoms with Gasteiger partial charge in [-0.3, -0.25) is 14.4 Å². The monoisotopic (exact) mass is 392 g/mol. The Morgan fingerprint density at radius 2 is 2.00 bits per heavy atom. The van der Waals surface area contributed by atoms with Gasteiger partial charge in [0.1, 0.15) is 11.6 Å². The Bertz CT molecular complexity index is 706. The predicted octanol–water partition coefficient (Wildman–Crippen LogP) is 1.86. The number of hydrogen-bond donors (Lipinski definition) is 4. The Morgan fingerprint density at radius 3 is 2.57 bits per heavy atom. The number of carboxylic acid groups (broad SMARTS) is 1. The van der Waals surface area contributed by atoms with Gasteiger partial charge >= 0.3 is 5.97 Å². The lowest BCUT2D eigenvalue weighted by molar-refractivity contribution is -0.138. The van der Waals surface area contributed by atoms with Gasteiger partial charge in [-0.15, -0.1) is 0 Å². The van der Waals surface area contributed by atoms with Crippen LogP contribution in [-0.4, -0.2) is 46.1 Å². The molecule has 0 fully saturated rings. The summed E-state index contributed by atoms with van der Waals surface area (Å²) < 4.78 is 0. The molecule has 1 aliphatic carbocycles. The summed E-state index contributed by atoms with van der Waals surface area (Å²) in [4.78, 5) is 34.4. The van der Waals surface area contributed by atoms with Gasteiger partial charge < -0.3 is 21.3 Å². The normalized spacial score (nSPS) is 23.4. The van der Waals surface area contributed by atoms with Crippen LogP contribution in [0, 0.1) is 5.41 Å². The molecular weight excluding hydrogens is 360 g/mol. The maximum absolute atomic E-state index is 12.0. The highest BCUT2D eigenvalue weighted by molar-refractivity contribution is 5.93. The van der Waals surface area contributed by atoms with Gasteiger partial charge in [0, 0.05) is 24.5 Å². The number of nitrogens with two attached hydrogens (primary N) is 1. The van der Waals surface area contributed by atoms with Crippen LogP contribution in [0.4, 0.5) is 0 Å². The van der Waals surface area contributed by atoms with Crippen molar-refractivity contribution in [1.82, 2.24) is 5.32 Å². The van der Waals surface area contributed by atoms with E-state index in [0.717, 1.165) is 0 Å². The van der Waals surface area contributed by atoms with Crippen molar-refractivity contribution in [2.24, 2.45) is 11.1 Å². The molecule has 0 saturated heterocycles. The summed E-state index contributed by atoms with van der Waals surface area (Å²) in [6.07, 6.45) is 8.09. The Balaban J connectivity index is 2.59. The lowest BCUT2D eigenvalue weighted by Crippen LogP contribution is -2.48. The lowest BCUT2D eigenvalue weighted by atomic mass is 9.64. The summed E-state index contributed by atoms with van der Waals surface area (Å²) in [6, 6.07) is -0.870.